The molecule has 0 bridgehead atoms. The molecule has 0 aliphatic heterocycles. The number of amides is 1. The molecule has 0 aliphatic rings. The highest BCUT2D eigenvalue weighted by molar-refractivity contribution is 5.97. The second-order valence-corrected chi connectivity index (χ2v) is 3.80. The van der Waals surface area contributed by atoms with Gasteiger partial charge in [-0.05, 0) is 25.5 Å². The standard InChI is InChI=1S/C13H16FNO4/c1-2-19-12-9(5-3-6-10(12)14)13(18)15-8-4-7-11(16)17/h3,5-6H,2,4,7-8H2,1H3,(H,15,18)(H,16,17). The van der Waals surface area contributed by atoms with Crippen LogP contribution in [0, 0.1) is 5.82 Å². The number of carbonyl (C=O) groups is 2. The number of para-hydroxylation sites is 1. The van der Waals surface area contributed by atoms with Crippen molar-refractivity contribution >= 4 is 11.9 Å². The van der Waals surface area contributed by atoms with Gasteiger partial charge >= 0.3 is 5.97 Å². The Morgan fingerprint density at radius 3 is 2.79 bits per heavy atom. The summed E-state index contributed by atoms with van der Waals surface area (Å²) in [6.07, 6.45) is 0.294. The minimum Gasteiger partial charge on any atom is -0.490 e. The molecule has 0 unspecified atom stereocenters. The molecule has 1 rings (SSSR count). The van der Waals surface area contributed by atoms with E-state index in [0.717, 1.165) is 0 Å². The number of nitrogens with one attached hydrogen (secondary N) is 1. The lowest BCUT2D eigenvalue weighted by atomic mass is 10.1. The number of hydrogen-bond acceptors (Lipinski definition) is 3. The van der Waals surface area contributed by atoms with E-state index >= 15 is 0 Å². The van der Waals surface area contributed by atoms with E-state index in [1.807, 2.05) is 0 Å². The van der Waals surface area contributed by atoms with Gasteiger partial charge in [-0.15, -0.1) is 0 Å². The monoisotopic (exact) mass is 269 g/mol. The molecular weight excluding hydrogens is 253 g/mol. The van der Waals surface area contributed by atoms with Crippen molar-refractivity contribution in [2.75, 3.05) is 13.2 Å². The number of carbonyl (C=O) groups excluding carboxylic acids is 1. The average molecular weight is 269 g/mol. The van der Waals surface area contributed by atoms with E-state index in [1.54, 1.807) is 6.92 Å². The Morgan fingerprint density at radius 1 is 1.42 bits per heavy atom. The zero-order valence-electron chi connectivity index (χ0n) is 10.6. The maximum atomic E-state index is 13.5. The Labute approximate surface area is 110 Å². The summed E-state index contributed by atoms with van der Waals surface area (Å²) < 4.78 is 18.6. The van der Waals surface area contributed by atoms with Gasteiger partial charge in [0.15, 0.2) is 11.6 Å². The van der Waals surface area contributed by atoms with Gasteiger partial charge in [0.05, 0.1) is 12.2 Å². The van der Waals surface area contributed by atoms with Gasteiger partial charge < -0.3 is 15.2 Å². The molecule has 19 heavy (non-hydrogen) atoms. The van der Waals surface area contributed by atoms with Crippen LogP contribution in [0.1, 0.15) is 30.1 Å². The third-order valence-corrected chi connectivity index (χ3v) is 2.35. The lowest BCUT2D eigenvalue weighted by Crippen LogP contribution is -2.25. The number of rotatable bonds is 7. The maximum absolute atomic E-state index is 13.5. The van der Waals surface area contributed by atoms with Crippen molar-refractivity contribution in [3.8, 4) is 5.75 Å². The van der Waals surface area contributed by atoms with Gasteiger partial charge in [0.2, 0.25) is 0 Å². The predicted molar refractivity (Wildman–Crippen MR) is 66.8 cm³/mol. The zero-order chi connectivity index (χ0) is 14.3. The van der Waals surface area contributed by atoms with Crippen LogP contribution in [0.15, 0.2) is 18.2 Å². The Balaban J connectivity index is 2.66. The van der Waals surface area contributed by atoms with Crippen molar-refractivity contribution < 1.29 is 23.8 Å². The van der Waals surface area contributed by atoms with Gasteiger partial charge in [-0.1, -0.05) is 6.07 Å². The summed E-state index contributed by atoms with van der Waals surface area (Å²) in [5.41, 5.74) is 0.108. The highest BCUT2D eigenvalue weighted by Gasteiger charge is 2.15. The Bertz CT molecular complexity index is 462. The summed E-state index contributed by atoms with van der Waals surface area (Å²) in [7, 11) is 0. The van der Waals surface area contributed by atoms with Crippen molar-refractivity contribution in [3.63, 3.8) is 0 Å². The molecule has 0 aliphatic carbocycles. The van der Waals surface area contributed by atoms with Crippen LogP contribution >= 0.6 is 0 Å². The van der Waals surface area contributed by atoms with Gasteiger partial charge in [-0.2, -0.15) is 0 Å². The topological polar surface area (TPSA) is 75.6 Å². The minimum atomic E-state index is -0.921. The normalized spacial score (nSPS) is 10.0. The molecule has 1 aromatic rings. The van der Waals surface area contributed by atoms with E-state index in [4.69, 9.17) is 9.84 Å². The van der Waals surface area contributed by atoms with E-state index in [9.17, 15) is 14.0 Å². The fraction of sp³-hybridized carbons (Fsp3) is 0.385. The molecule has 0 aromatic heterocycles. The SMILES string of the molecule is CCOc1c(F)cccc1C(=O)NCCCC(=O)O. The molecule has 0 atom stereocenters. The molecule has 0 spiro atoms. The highest BCUT2D eigenvalue weighted by atomic mass is 19.1. The van der Waals surface area contributed by atoms with Crippen LogP contribution < -0.4 is 10.1 Å². The number of carboxylic acids is 1. The summed E-state index contributed by atoms with van der Waals surface area (Å²) in [6.45, 7) is 2.16. The molecule has 0 fully saturated rings. The summed E-state index contributed by atoms with van der Waals surface area (Å²) in [5.74, 6) is -2.08. The summed E-state index contributed by atoms with van der Waals surface area (Å²) in [5, 5.41) is 11.0. The molecule has 0 saturated heterocycles. The Kier molecular flexibility index (Phi) is 5.78. The quantitative estimate of drug-likeness (QED) is 0.740. The smallest absolute Gasteiger partial charge is 0.303 e. The second kappa shape index (κ2) is 7.35. The van der Waals surface area contributed by atoms with E-state index in [0.29, 0.717) is 6.42 Å². The number of aliphatic carboxylic acids is 1. The number of carboxylic acid groups (broad SMARTS) is 1. The average Bonchev–Trinajstić information content (AvgIpc) is 2.36. The van der Waals surface area contributed by atoms with Crippen LogP contribution in [-0.2, 0) is 4.79 Å². The first kappa shape index (κ1) is 14.9. The molecular formula is C13H16FNO4. The zero-order valence-corrected chi connectivity index (χ0v) is 10.6. The van der Waals surface area contributed by atoms with Crippen molar-refractivity contribution in [1.29, 1.82) is 0 Å². The summed E-state index contributed by atoms with van der Waals surface area (Å²) in [4.78, 5) is 22.1. The molecule has 0 radical (unpaired) electrons. The fourth-order valence-electron chi connectivity index (χ4n) is 1.52. The van der Waals surface area contributed by atoms with Crippen molar-refractivity contribution in [2.24, 2.45) is 0 Å². The lowest BCUT2D eigenvalue weighted by molar-refractivity contribution is -0.137. The van der Waals surface area contributed by atoms with Gasteiger partial charge in [-0.3, -0.25) is 9.59 Å². The second-order valence-electron chi connectivity index (χ2n) is 3.80. The molecule has 0 heterocycles. The van der Waals surface area contributed by atoms with Gasteiger partial charge in [-0.25, -0.2) is 4.39 Å². The number of halogens is 1. The van der Waals surface area contributed by atoms with Crippen molar-refractivity contribution in [3.05, 3.63) is 29.6 Å². The summed E-state index contributed by atoms with van der Waals surface area (Å²) >= 11 is 0. The summed E-state index contributed by atoms with van der Waals surface area (Å²) in [6, 6.07) is 4.09. The van der Waals surface area contributed by atoms with E-state index in [2.05, 4.69) is 5.32 Å². The molecule has 6 heteroatoms. The van der Waals surface area contributed by atoms with Gasteiger partial charge in [0.25, 0.3) is 5.91 Å². The third kappa shape index (κ3) is 4.57. The first-order valence-corrected chi connectivity index (χ1v) is 5.97. The minimum absolute atomic E-state index is 0.0260. The fourth-order valence-corrected chi connectivity index (χ4v) is 1.52. The van der Waals surface area contributed by atoms with Crippen LogP contribution in [0.25, 0.3) is 0 Å². The van der Waals surface area contributed by atoms with Crippen LogP contribution in [0.3, 0.4) is 0 Å². The van der Waals surface area contributed by atoms with E-state index < -0.39 is 17.7 Å². The first-order chi connectivity index (χ1) is 9.06. The highest BCUT2D eigenvalue weighted by Crippen LogP contribution is 2.22. The van der Waals surface area contributed by atoms with Crippen molar-refractivity contribution in [2.45, 2.75) is 19.8 Å². The maximum Gasteiger partial charge on any atom is 0.303 e. The van der Waals surface area contributed by atoms with Crippen LogP contribution in [-0.4, -0.2) is 30.1 Å². The first-order valence-electron chi connectivity index (χ1n) is 5.97. The number of ether oxygens (including phenoxy) is 1. The molecule has 104 valence electrons. The van der Waals surface area contributed by atoms with Gasteiger partial charge in [0, 0.05) is 13.0 Å². The Hall–Kier alpha value is -2.11. The lowest BCUT2D eigenvalue weighted by Gasteiger charge is -2.11. The van der Waals surface area contributed by atoms with Crippen molar-refractivity contribution in [1.82, 2.24) is 5.32 Å². The predicted octanol–water partition coefficient (Wildman–Crippen LogP) is 1.82. The third-order valence-electron chi connectivity index (χ3n) is 2.35. The Morgan fingerprint density at radius 2 is 2.16 bits per heavy atom. The number of benzene rings is 1. The van der Waals surface area contributed by atoms with E-state index in [1.165, 1.54) is 18.2 Å². The largest absolute Gasteiger partial charge is 0.490 e. The van der Waals surface area contributed by atoms with Crippen LogP contribution in [0.4, 0.5) is 4.39 Å². The molecule has 0 saturated carbocycles. The molecule has 1 aromatic carbocycles. The van der Waals surface area contributed by atoms with Crippen LogP contribution in [0.2, 0.25) is 0 Å². The molecule has 2 N–H and O–H groups in total. The van der Waals surface area contributed by atoms with Gasteiger partial charge in [0.1, 0.15) is 0 Å². The number of hydrogen-bond donors (Lipinski definition) is 2. The van der Waals surface area contributed by atoms with Crippen LogP contribution in [0.5, 0.6) is 5.75 Å². The molecule has 5 nitrogen and oxygen atoms in total. The molecule has 1 amide bonds. The van der Waals surface area contributed by atoms with E-state index in [-0.39, 0.29) is 30.9 Å².